The third-order valence-corrected chi connectivity index (χ3v) is 4.53. The number of hydrogen-bond donors (Lipinski definition) is 1. The number of nitrogens with zero attached hydrogens (tertiary/aromatic N) is 1. The van der Waals surface area contributed by atoms with E-state index in [0.717, 1.165) is 22.8 Å². The van der Waals surface area contributed by atoms with Crippen molar-refractivity contribution in [1.82, 2.24) is 4.57 Å². The van der Waals surface area contributed by atoms with Gasteiger partial charge in [0.15, 0.2) is 5.43 Å². The highest BCUT2D eigenvalue weighted by atomic mass is 35.5. The van der Waals surface area contributed by atoms with E-state index < -0.39 is 29.7 Å². The molecule has 9 heteroatoms. The Morgan fingerprint density at radius 3 is 2.36 bits per heavy atom. The maximum Gasteiger partial charge on any atom is 0.416 e. The fraction of sp³-hybridized carbons (Fsp3) is 0.125. The number of aliphatic carboxylic acids is 1. The number of benzene rings is 2. The highest BCUT2D eigenvalue weighted by molar-refractivity contribution is 6.45. The molecule has 0 aliphatic rings. The van der Waals surface area contributed by atoms with Crippen LogP contribution in [0.3, 0.4) is 0 Å². The van der Waals surface area contributed by atoms with E-state index in [4.69, 9.17) is 28.3 Å². The molecule has 1 N–H and O–H groups in total. The normalized spacial score (nSPS) is 12.0. The van der Waals surface area contributed by atoms with E-state index in [1.54, 1.807) is 0 Å². The van der Waals surface area contributed by atoms with Gasteiger partial charge in [-0.1, -0.05) is 23.2 Å². The smallest absolute Gasteiger partial charge is 0.416 e. The second-order valence-electron chi connectivity index (χ2n) is 5.30. The maximum absolute atomic E-state index is 13.0. The molecule has 1 aromatic heterocycles. The standard InChI is InChI=1S/C16H8Cl2F3NO3/c17-10-4-3-9-14(13(10)18)22(6-12(23)24)11-5-7(16(19,20)21)1-2-8(11)15(9)25/h1-5H,6H2,(H,23,24). The van der Waals surface area contributed by atoms with Gasteiger partial charge in [-0.05, 0) is 30.3 Å². The number of pyridine rings is 1. The summed E-state index contributed by atoms with van der Waals surface area (Å²) in [6, 6.07) is 5.27. The molecule has 0 bridgehead atoms. The van der Waals surface area contributed by atoms with Crippen LogP contribution in [-0.4, -0.2) is 15.6 Å². The molecule has 2 aromatic carbocycles. The topological polar surface area (TPSA) is 59.3 Å². The zero-order valence-corrected chi connectivity index (χ0v) is 13.7. The van der Waals surface area contributed by atoms with Crippen LogP contribution in [-0.2, 0) is 17.5 Å². The lowest BCUT2D eigenvalue weighted by Crippen LogP contribution is -2.17. The van der Waals surface area contributed by atoms with Crippen molar-refractivity contribution in [3.63, 3.8) is 0 Å². The highest BCUT2D eigenvalue weighted by Crippen LogP contribution is 2.34. The number of aromatic nitrogens is 1. The summed E-state index contributed by atoms with van der Waals surface area (Å²) in [4.78, 5) is 23.8. The summed E-state index contributed by atoms with van der Waals surface area (Å²) < 4.78 is 40.1. The molecule has 0 aliphatic heterocycles. The number of carbonyl (C=O) groups is 1. The average molecular weight is 390 g/mol. The van der Waals surface area contributed by atoms with Gasteiger partial charge in [0.25, 0.3) is 0 Å². The van der Waals surface area contributed by atoms with Crippen LogP contribution in [0.5, 0.6) is 0 Å². The third kappa shape index (κ3) is 2.94. The minimum absolute atomic E-state index is 0.0200. The van der Waals surface area contributed by atoms with Gasteiger partial charge in [0.1, 0.15) is 6.54 Å². The van der Waals surface area contributed by atoms with Crippen LogP contribution in [0.25, 0.3) is 21.8 Å². The molecule has 0 saturated heterocycles. The van der Waals surface area contributed by atoms with Gasteiger partial charge in [0.2, 0.25) is 0 Å². The predicted molar refractivity (Wildman–Crippen MR) is 88.4 cm³/mol. The zero-order chi connectivity index (χ0) is 18.5. The number of fused-ring (bicyclic) bond motifs is 2. The van der Waals surface area contributed by atoms with Crippen LogP contribution in [0.4, 0.5) is 13.2 Å². The van der Waals surface area contributed by atoms with Crippen molar-refractivity contribution in [1.29, 1.82) is 0 Å². The Bertz CT molecular complexity index is 1090. The number of carboxylic acid groups (broad SMARTS) is 1. The third-order valence-electron chi connectivity index (χ3n) is 3.74. The molecule has 0 atom stereocenters. The molecule has 25 heavy (non-hydrogen) atoms. The van der Waals surface area contributed by atoms with Crippen LogP contribution in [0.1, 0.15) is 5.56 Å². The van der Waals surface area contributed by atoms with Gasteiger partial charge in [-0.3, -0.25) is 9.59 Å². The number of hydrogen-bond acceptors (Lipinski definition) is 2. The van der Waals surface area contributed by atoms with Crippen molar-refractivity contribution in [2.75, 3.05) is 0 Å². The molecule has 0 fully saturated rings. The second kappa shape index (κ2) is 5.93. The monoisotopic (exact) mass is 389 g/mol. The van der Waals surface area contributed by atoms with Gasteiger partial charge in [0.05, 0.1) is 26.6 Å². The number of halogens is 5. The number of alkyl halides is 3. The molecule has 130 valence electrons. The van der Waals surface area contributed by atoms with Gasteiger partial charge in [-0.25, -0.2) is 0 Å². The van der Waals surface area contributed by atoms with E-state index in [9.17, 15) is 22.8 Å². The van der Waals surface area contributed by atoms with Crippen molar-refractivity contribution < 1.29 is 23.1 Å². The Morgan fingerprint density at radius 1 is 1.12 bits per heavy atom. The molecule has 3 aromatic rings. The number of rotatable bonds is 2. The van der Waals surface area contributed by atoms with Crippen LogP contribution < -0.4 is 5.43 Å². The Hall–Kier alpha value is -2.25. The maximum atomic E-state index is 13.0. The molecular formula is C16H8Cl2F3NO3. The first-order valence-electron chi connectivity index (χ1n) is 6.84. The molecule has 3 rings (SSSR count). The van der Waals surface area contributed by atoms with Gasteiger partial charge in [-0.2, -0.15) is 13.2 Å². The summed E-state index contributed by atoms with van der Waals surface area (Å²) in [5.41, 5.74) is -1.76. The Labute approximate surface area is 148 Å². The Morgan fingerprint density at radius 2 is 1.76 bits per heavy atom. The van der Waals surface area contributed by atoms with Crippen molar-refractivity contribution in [2.45, 2.75) is 12.7 Å². The second-order valence-corrected chi connectivity index (χ2v) is 6.08. The molecule has 0 saturated carbocycles. The van der Waals surface area contributed by atoms with E-state index >= 15 is 0 Å². The van der Waals surface area contributed by atoms with E-state index in [1.165, 1.54) is 12.1 Å². The first-order valence-corrected chi connectivity index (χ1v) is 7.60. The molecule has 0 radical (unpaired) electrons. The van der Waals surface area contributed by atoms with Crippen LogP contribution in [0.2, 0.25) is 10.0 Å². The van der Waals surface area contributed by atoms with Gasteiger partial charge in [-0.15, -0.1) is 0 Å². The predicted octanol–water partition coefficient (Wildman–Crippen LogP) is 4.56. The van der Waals surface area contributed by atoms with Crippen molar-refractivity contribution in [3.8, 4) is 0 Å². The fourth-order valence-electron chi connectivity index (χ4n) is 2.68. The minimum Gasteiger partial charge on any atom is -0.480 e. The van der Waals surface area contributed by atoms with Crippen LogP contribution >= 0.6 is 23.2 Å². The first kappa shape index (κ1) is 17.6. The molecular weight excluding hydrogens is 382 g/mol. The quantitative estimate of drug-likeness (QED) is 0.653. The summed E-state index contributed by atoms with van der Waals surface area (Å²) in [7, 11) is 0. The average Bonchev–Trinajstić information content (AvgIpc) is 2.52. The fourth-order valence-corrected chi connectivity index (χ4v) is 3.09. The van der Waals surface area contributed by atoms with Crippen molar-refractivity contribution >= 4 is 51.0 Å². The molecule has 0 spiro atoms. The number of carboxylic acids is 1. The first-order chi connectivity index (χ1) is 11.6. The summed E-state index contributed by atoms with van der Waals surface area (Å²) in [6.07, 6.45) is -4.65. The van der Waals surface area contributed by atoms with Crippen molar-refractivity contribution in [2.24, 2.45) is 0 Å². The molecule has 0 amide bonds. The Kier molecular flexibility index (Phi) is 4.17. The van der Waals surface area contributed by atoms with Gasteiger partial charge >= 0.3 is 12.1 Å². The molecule has 0 unspecified atom stereocenters. The Balaban J connectivity index is 2.58. The lowest BCUT2D eigenvalue weighted by atomic mass is 10.1. The van der Waals surface area contributed by atoms with Crippen molar-refractivity contribution in [3.05, 3.63) is 56.2 Å². The lowest BCUT2D eigenvalue weighted by Gasteiger charge is -2.16. The summed E-state index contributed by atoms with van der Waals surface area (Å²) in [5, 5.41) is 9.13. The van der Waals surface area contributed by atoms with Crippen LogP contribution in [0.15, 0.2) is 35.1 Å². The molecule has 0 aliphatic carbocycles. The minimum atomic E-state index is -4.65. The lowest BCUT2D eigenvalue weighted by molar-refractivity contribution is -0.138. The SMILES string of the molecule is O=C(O)Cn1c2cc(C(F)(F)F)ccc2c(=O)c2ccc(Cl)c(Cl)c21. The summed E-state index contributed by atoms with van der Waals surface area (Å²) in [5.74, 6) is -1.31. The zero-order valence-electron chi connectivity index (χ0n) is 12.2. The summed E-state index contributed by atoms with van der Waals surface area (Å²) >= 11 is 12.0. The largest absolute Gasteiger partial charge is 0.480 e. The summed E-state index contributed by atoms with van der Waals surface area (Å²) in [6.45, 7) is -0.686. The van der Waals surface area contributed by atoms with Gasteiger partial charge < -0.3 is 9.67 Å². The van der Waals surface area contributed by atoms with E-state index in [1.807, 2.05) is 0 Å². The van der Waals surface area contributed by atoms with Gasteiger partial charge in [0, 0.05) is 10.8 Å². The van der Waals surface area contributed by atoms with E-state index in [0.29, 0.717) is 0 Å². The van der Waals surface area contributed by atoms with E-state index in [2.05, 4.69) is 0 Å². The van der Waals surface area contributed by atoms with E-state index in [-0.39, 0.29) is 31.9 Å². The molecule has 4 nitrogen and oxygen atoms in total. The highest BCUT2D eigenvalue weighted by Gasteiger charge is 2.31. The molecule has 1 heterocycles. The van der Waals surface area contributed by atoms with Crippen LogP contribution in [0, 0.1) is 0 Å².